The molecule has 1 aromatic rings. The van der Waals surface area contributed by atoms with Gasteiger partial charge < -0.3 is 10.2 Å². The third kappa shape index (κ3) is 3.32. The zero-order valence-corrected chi connectivity index (χ0v) is 13.4. The molecule has 20 heavy (non-hydrogen) atoms. The first-order chi connectivity index (χ1) is 9.60. The molecule has 0 unspecified atom stereocenters. The van der Waals surface area contributed by atoms with Crippen LogP contribution in [-0.4, -0.2) is 24.1 Å². The number of nitrogens with zero attached hydrogens (tertiary/aromatic N) is 2. The summed E-state index contributed by atoms with van der Waals surface area (Å²) in [5.41, 5.74) is 3.22. The topological polar surface area (TPSA) is 28.2 Å². The van der Waals surface area contributed by atoms with E-state index in [2.05, 4.69) is 49.0 Å². The van der Waals surface area contributed by atoms with Gasteiger partial charge in [-0.3, -0.25) is 4.98 Å². The molecule has 3 nitrogen and oxygen atoms in total. The molecule has 0 spiro atoms. The fraction of sp³-hybridized carbons (Fsp3) is 0.706. The van der Waals surface area contributed by atoms with Crippen LogP contribution in [-0.2, 0) is 6.54 Å². The van der Waals surface area contributed by atoms with E-state index in [1.807, 2.05) is 12.4 Å². The highest BCUT2D eigenvalue weighted by atomic mass is 15.2. The van der Waals surface area contributed by atoms with Crippen molar-refractivity contribution in [3.63, 3.8) is 0 Å². The van der Waals surface area contributed by atoms with Gasteiger partial charge in [-0.1, -0.05) is 27.7 Å². The van der Waals surface area contributed by atoms with Gasteiger partial charge in [0, 0.05) is 49.3 Å². The number of rotatable bonds is 6. The van der Waals surface area contributed by atoms with Crippen molar-refractivity contribution in [1.82, 2.24) is 10.3 Å². The predicted molar refractivity (Wildman–Crippen MR) is 86.1 cm³/mol. The van der Waals surface area contributed by atoms with E-state index in [0.717, 1.165) is 6.54 Å². The Balaban J connectivity index is 2.13. The summed E-state index contributed by atoms with van der Waals surface area (Å²) in [5, 5.41) is 3.51. The molecule has 3 heteroatoms. The van der Waals surface area contributed by atoms with Crippen LogP contribution in [0.25, 0.3) is 0 Å². The van der Waals surface area contributed by atoms with Gasteiger partial charge in [0.15, 0.2) is 0 Å². The van der Waals surface area contributed by atoms with Crippen molar-refractivity contribution in [2.45, 2.75) is 59.5 Å². The van der Waals surface area contributed by atoms with Crippen LogP contribution < -0.4 is 10.2 Å². The first kappa shape index (κ1) is 15.3. The standard InChI is InChI=1S/C17H29N3/c1-5-17(6-2)8-10-20(13-17)16-7-9-18-11-15(16)12-19-14(3)4/h7,9,11,14,19H,5-6,8,10,12-13H2,1-4H3. The molecule has 1 saturated heterocycles. The Morgan fingerprint density at radius 1 is 1.35 bits per heavy atom. The van der Waals surface area contributed by atoms with Gasteiger partial charge in [0.25, 0.3) is 0 Å². The normalized spacial score (nSPS) is 17.9. The molecular weight excluding hydrogens is 246 g/mol. The Hall–Kier alpha value is -1.09. The number of aromatic nitrogens is 1. The van der Waals surface area contributed by atoms with E-state index in [9.17, 15) is 0 Å². The highest BCUT2D eigenvalue weighted by Crippen LogP contribution is 2.39. The van der Waals surface area contributed by atoms with Gasteiger partial charge in [-0.05, 0) is 30.7 Å². The summed E-state index contributed by atoms with van der Waals surface area (Å²) in [6.07, 6.45) is 7.82. The molecule has 2 heterocycles. The molecule has 0 aliphatic carbocycles. The second-order valence-electron chi connectivity index (χ2n) is 6.42. The predicted octanol–water partition coefficient (Wildman–Crippen LogP) is 3.60. The molecular formula is C17H29N3. The largest absolute Gasteiger partial charge is 0.371 e. The SMILES string of the molecule is CCC1(CC)CCN(c2ccncc2CNC(C)C)C1. The molecule has 2 rings (SSSR count). The lowest BCUT2D eigenvalue weighted by Gasteiger charge is -2.28. The Labute approximate surface area is 123 Å². The first-order valence-electron chi connectivity index (χ1n) is 8.01. The number of nitrogens with one attached hydrogen (secondary N) is 1. The van der Waals surface area contributed by atoms with E-state index in [0.29, 0.717) is 11.5 Å². The average Bonchev–Trinajstić information content (AvgIpc) is 2.90. The van der Waals surface area contributed by atoms with Crippen LogP contribution in [0, 0.1) is 5.41 Å². The first-order valence-corrected chi connectivity index (χ1v) is 8.01. The van der Waals surface area contributed by atoms with Crippen LogP contribution in [0.2, 0.25) is 0 Å². The Bertz CT molecular complexity index is 424. The van der Waals surface area contributed by atoms with Gasteiger partial charge in [0.05, 0.1) is 0 Å². The summed E-state index contributed by atoms with van der Waals surface area (Å²) in [6.45, 7) is 12.3. The summed E-state index contributed by atoms with van der Waals surface area (Å²) < 4.78 is 0. The summed E-state index contributed by atoms with van der Waals surface area (Å²) in [6, 6.07) is 2.69. The minimum absolute atomic E-state index is 0.506. The van der Waals surface area contributed by atoms with Gasteiger partial charge >= 0.3 is 0 Å². The van der Waals surface area contributed by atoms with Crippen molar-refractivity contribution >= 4 is 5.69 Å². The molecule has 112 valence electrons. The van der Waals surface area contributed by atoms with E-state index in [1.165, 1.54) is 43.6 Å². The number of hydrogen-bond acceptors (Lipinski definition) is 3. The quantitative estimate of drug-likeness (QED) is 0.860. The minimum atomic E-state index is 0.506. The fourth-order valence-corrected chi connectivity index (χ4v) is 3.15. The molecule has 1 N–H and O–H groups in total. The molecule has 0 aromatic carbocycles. The number of pyridine rings is 1. The van der Waals surface area contributed by atoms with Gasteiger partial charge in [-0.2, -0.15) is 0 Å². The molecule has 1 aromatic heterocycles. The van der Waals surface area contributed by atoms with Crippen molar-refractivity contribution in [3.8, 4) is 0 Å². The Morgan fingerprint density at radius 2 is 2.10 bits per heavy atom. The van der Waals surface area contributed by atoms with Crippen molar-refractivity contribution in [2.24, 2.45) is 5.41 Å². The molecule has 0 amide bonds. The lowest BCUT2D eigenvalue weighted by molar-refractivity contribution is 0.301. The highest BCUT2D eigenvalue weighted by Gasteiger charge is 2.35. The zero-order chi connectivity index (χ0) is 14.6. The monoisotopic (exact) mass is 275 g/mol. The van der Waals surface area contributed by atoms with E-state index in [-0.39, 0.29) is 0 Å². The molecule has 1 fully saturated rings. The lowest BCUT2D eigenvalue weighted by Crippen LogP contribution is -2.28. The van der Waals surface area contributed by atoms with Crippen LogP contribution in [0.3, 0.4) is 0 Å². The summed E-state index contributed by atoms with van der Waals surface area (Å²) in [4.78, 5) is 6.87. The molecule has 0 saturated carbocycles. The van der Waals surface area contributed by atoms with Crippen LogP contribution >= 0.6 is 0 Å². The van der Waals surface area contributed by atoms with Crippen molar-refractivity contribution in [2.75, 3.05) is 18.0 Å². The average molecular weight is 275 g/mol. The maximum Gasteiger partial charge on any atom is 0.0443 e. The summed E-state index contributed by atoms with van der Waals surface area (Å²) in [7, 11) is 0. The van der Waals surface area contributed by atoms with E-state index in [4.69, 9.17) is 0 Å². The van der Waals surface area contributed by atoms with Crippen LogP contribution in [0.15, 0.2) is 18.5 Å². The second-order valence-corrected chi connectivity index (χ2v) is 6.42. The van der Waals surface area contributed by atoms with Gasteiger partial charge in [-0.25, -0.2) is 0 Å². The maximum atomic E-state index is 4.30. The molecule has 0 radical (unpaired) electrons. The summed E-state index contributed by atoms with van der Waals surface area (Å²) in [5.74, 6) is 0. The second kappa shape index (κ2) is 6.57. The van der Waals surface area contributed by atoms with E-state index < -0.39 is 0 Å². The van der Waals surface area contributed by atoms with E-state index >= 15 is 0 Å². The van der Waals surface area contributed by atoms with Crippen LogP contribution in [0.5, 0.6) is 0 Å². The fourth-order valence-electron chi connectivity index (χ4n) is 3.15. The molecule has 0 bridgehead atoms. The lowest BCUT2D eigenvalue weighted by atomic mass is 9.82. The zero-order valence-electron chi connectivity index (χ0n) is 13.4. The van der Waals surface area contributed by atoms with Gasteiger partial charge in [-0.15, -0.1) is 0 Å². The van der Waals surface area contributed by atoms with E-state index in [1.54, 1.807) is 0 Å². The minimum Gasteiger partial charge on any atom is -0.371 e. The van der Waals surface area contributed by atoms with Crippen molar-refractivity contribution in [1.29, 1.82) is 0 Å². The molecule has 1 aliphatic heterocycles. The Kier molecular flexibility index (Phi) is 5.03. The number of anilines is 1. The molecule has 0 atom stereocenters. The highest BCUT2D eigenvalue weighted by molar-refractivity contribution is 5.53. The van der Waals surface area contributed by atoms with Crippen molar-refractivity contribution in [3.05, 3.63) is 24.0 Å². The third-order valence-electron chi connectivity index (χ3n) is 4.86. The van der Waals surface area contributed by atoms with Gasteiger partial charge in [0.2, 0.25) is 0 Å². The molecule has 1 aliphatic rings. The Morgan fingerprint density at radius 3 is 2.70 bits per heavy atom. The smallest absolute Gasteiger partial charge is 0.0443 e. The summed E-state index contributed by atoms with van der Waals surface area (Å²) >= 11 is 0. The number of hydrogen-bond donors (Lipinski definition) is 1. The van der Waals surface area contributed by atoms with Crippen molar-refractivity contribution < 1.29 is 0 Å². The van der Waals surface area contributed by atoms with Crippen LogP contribution in [0.1, 0.15) is 52.5 Å². The third-order valence-corrected chi connectivity index (χ3v) is 4.86. The van der Waals surface area contributed by atoms with Gasteiger partial charge in [0.1, 0.15) is 0 Å². The van der Waals surface area contributed by atoms with Crippen LogP contribution in [0.4, 0.5) is 5.69 Å². The maximum absolute atomic E-state index is 4.30.